The Morgan fingerprint density at radius 1 is 0.893 bits per heavy atom. The van der Waals surface area contributed by atoms with Crippen LogP contribution in [0.4, 0.5) is 0 Å². The van der Waals surface area contributed by atoms with E-state index in [-0.39, 0.29) is 23.8 Å². The molecular formula is C24H34N2O2. The molecule has 0 spiro atoms. The molecule has 2 saturated carbocycles. The summed E-state index contributed by atoms with van der Waals surface area (Å²) >= 11 is 0. The Morgan fingerprint density at radius 3 is 2.25 bits per heavy atom. The van der Waals surface area contributed by atoms with Gasteiger partial charge in [0.05, 0.1) is 6.04 Å². The Bertz CT molecular complexity index is 690. The first-order valence-electron chi connectivity index (χ1n) is 11.4. The molecule has 152 valence electrons. The van der Waals surface area contributed by atoms with Gasteiger partial charge in [-0.1, -0.05) is 62.8 Å². The maximum absolute atomic E-state index is 13.3. The van der Waals surface area contributed by atoms with Crippen LogP contribution >= 0.6 is 0 Å². The van der Waals surface area contributed by atoms with Crippen molar-refractivity contribution in [1.82, 2.24) is 10.2 Å². The monoisotopic (exact) mass is 382 g/mol. The molecule has 0 radical (unpaired) electrons. The van der Waals surface area contributed by atoms with E-state index in [1.54, 1.807) is 0 Å². The van der Waals surface area contributed by atoms with Crippen LogP contribution in [0.25, 0.3) is 0 Å². The smallest absolute Gasteiger partial charge is 0.226 e. The van der Waals surface area contributed by atoms with E-state index in [0.717, 1.165) is 51.5 Å². The fraction of sp³-hybridized carbons (Fsp3) is 0.667. The topological polar surface area (TPSA) is 49.4 Å². The normalized spacial score (nSPS) is 23.9. The van der Waals surface area contributed by atoms with Crippen molar-refractivity contribution in [3.63, 3.8) is 0 Å². The molecule has 1 atom stereocenters. The number of fused-ring (bicyclic) bond motifs is 1. The zero-order valence-electron chi connectivity index (χ0n) is 17.0. The predicted octanol–water partition coefficient (Wildman–Crippen LogP) is 4.39. The first-order chi connectivity index (χ1) is 13.7. The van der Waals surface area contributed by atoms with E-state index < -0.39 is 0 Å². The van der Waals surface area contributed by atoms with E-state index in [9.17, 15) is 9.59 Å². The molecule has 0 bridgehead atoms. The van der Waals surface area contributed by atoms with Crippen molar-refractivity contribution in [3.8, 4) is 0 Å². The molecule has 0 aromatic heterocycles. The number of hydrogen-bond acceptors (Lipinski definition) is 2. The Hall–Kier alpha value is -1.84. The van der Waals surface area contributed by atoms with Gasteiger partial charge < -0.3 is 10.2 Å². The average molecular weight is 383 g/mol. The van der Waals surface area contributed by atoms with Crippen LogP contribution in [0.1, 0.15) is 81.4 Å². The van der Waals surface area contributed by atoms with E-state index in [4.69, 9.17) is 0 Å². The van der Waals surface area contributed by atoms with Crippen LogP contribution in [0.2, 0.25) is 0 Å². The van der Waals surface area contributed by atoms with Gasteiger partial charge in [0.25, 0.3) is 0 Å². The fourth-order valence-corrected chi connectivity index (χ4v) is 5.43. The van der Waals surface area contributed by atoms with Crippen LogP contribution in [0, 0.1) is 11.8 Å². The Balaban J connectivity index is 1.49. The maximum atomic E-state index is 13.3. The molecule has 0 unspecified atom stereocenters. The highest BCUT2D eigenvalue weighted by Gasteiger charge is 2.35. The number of amides is 2. The van der Waals surface area contributed by atoms with Crippen LogP contribution in [0.3, 0.4) is 0 Å². The molecule has 1 aromatic rings. The van der Waals surface area contributed by atoms with Gasteiger partial charge in [0.2, 0.25) is 11.8 Å². The second-order valence-electron chi connectivity index (χ2n) is 8.91. The van der Waals surface area contributed by atoms with Gasteiger partial charge in [-0.2, -0.15) is 0 Å². The van der Waals surface area contributed by atoms with Crippen LogP contribution < -0.4 is 5.32 Å². The summed E-state index contributed by atoms with van der Waals surface area (Å²) in [6, 6.07) is 8.44. The van der Waals surface area contributed by atoms with Crippen LogP contribution in [0.15, 0.2) is 24.3 Å². The van der Waals surface area contributed by atoms with Crippen LogP contribution in [0.5, 0.6) is 0 Å². The molecule has 0 saturated heterocycles. The lowest BCUT2D eigenvalue weighted by molar-refractivity contribution is -0.140. The lowest BCUT2D eigenvalue weighted by Crippen LogP contribution is -2.48. The minimum absolute atomic E-state index is 0.0214. The summed E-state index contributed by atoms with van der Waals surface area (Å²) in [5, 5.41) is 3.22. The number of benzene rings is 1. The van der Waals surface area contributed by atoms with Gasteiger partial charge in [-0.25, -0.2) is 0 Å². The standard InChI is InChI=1S/C24H34N2O2/c27-23(19-10-3-1-4-11-19)25-17-22-21-14-8-7-9-18(21)15-16-26(22)24(28)20-12-5-2-6-13-20/h7-9,14,19-20,22H,1-6,10-13,15-17H2,(H,25,27)/t22-/m0/s1. The van der Waals surface area contributed by atoms with Crippen molar-refractivity contribution in [3.05, 3.63) is 35.4 Å². The van der Waals surface area contributed by atoms with Gasteiger partial charge in [0.15, 0.2) is 0 Å². The molecule has 4 rings (SSSR count). The number of nitrogens with zero attached hydrogens (tertiary/aromatic N) is 1. The van der Waals surface area contributed by atoms with Crippen molar-refractivity contribution in [2.75, 3.05) is 13.1 Å². The predicted molar refractivity (Wildman–Crippen MR) is 111 cm³/mol. The third kappa shape index (κ3) is 4.26. The minimum Gasteiger partial charge on any atom is -0.353 e. The molecule has 4 nitrogen and oxygen atoms in total. The highest BCUT2D eigenvalue weighted by atomic mass is 16.2. The summed E-state index contributed by atoms with van der Waals surface area (Å²) < 4.78 is 0. The van der Waals surface area contributed by atoms with Gasteiger partial charge in [0, 0.05) is 24.9 Å². The van der Waals surface area contributed by atoms with Crippen molar-refractivity contribution >= 4 is 11.8 Å². The summed E-state index contributed by atoms with van der Waals surface area (Å²) in [6.45, 7) is 1.32. The fourth-order valence-electron chi connectivity index (χ4n) is 5.43. The van der Waals surface area contributed by atoms with Gasteiger partial charge in [-0.3, -0.25) is 9.59 Å². The molecule has 1 aliphatic heterocycles. The van der Waals surface area contributed by atoms with Gasteiger partial charge in [-0.05, 0) is 43.2 Å². The van der Waals surface area contributed by atoms with Crippen molar-refractivity contribution in [1.29, 1.82) is 0 Å². The number of hydrogen-bond donors (Lipinski definition) is 1. The molecule has 1 N–H and O–H groups in total. The summed E-state index contributed by atoms with van der Waals surface area (Å²) in [6.07, 6.45) is 12.2. The Morgan fingerprint density at radius 2 is 1.54 bits per heavy atom. The van der Waals surface area contributed by atoms with Gasteiger partial charge in [-0.15, -0.1) is 0 Å². The second kappa shape index (κ2) is 9.11. The second-order valence-corrected chi connectivity index (χ2v) is 8.91. The highest BCUT2D eigenvalue weighted by molar-refractivity contribution is 5.81. The van der Waals surface area contributed by atoms with E-state index in [1.807, 2.05) is 0 Å². The summed E-state index contributed by atoms with van der Waals surface area (Å²) in [5.41, 5.74) is 2.55. The van der Waals surface area contributed by atoms with Crippen molar-refractivity contribution < 1.29 is 9.59 Å². The largest absolute Gasteiger partial charge is 0.353 e. The van der Waals surface area contributed by atoms with Gasteiger partial charge in [0.1, 0.15) is 0 Å². The SMILES string of the molecule is O=C(NC[C@H]1c2ccccc2CCN1C(=O)C1CCCCC1)C1CCCCC1. The van der Waals surface area contributed by atoms with E-state index in [2.05, 4.69) is 34.5 Å². The zero-order valence-corrected chi connectivity index (χ0v) is 17.0. The zero-order chi connectivity index (χ0) is 19.3. The maximum Gasteiger partial charge on any atom is 0.226 e. The Labute approximate surface area is 169 Å². The van der Waals surface area contributed by atoms with Crippen molar-refractivity contribution in [2.45, 2.75) is 76.7 Å². The lowest BCUT2D eigenvalue weighted by atomic mass is 9.85. The Kier molecular flexibility index (Phi) is 6.33. The number of rotatable bonds is 4. The third-order valence-corrected chi connectivity index (χ3v) is 7.10. The molecule has 3 aliphatic rings. The molecule has 2 amide bonds. The number of nitrogens with one attached hydrogen (secondary N) is 1. The molecule has 2 aliphatic carbocycles. The third-order valence-electron chi connectivity index (χ3n) is 7.10. The van der Waals surface area contributed by atoms with Crippen LogP contribution in [-0.4, -0.2) is 29.8 Å². The first-order valence-corrected chi connectivity index (χ1v) is 11.4. The number of carbonyl (C=O) groups excluding carboxylic acids is 2. The van der Waals surface area contributed by atoms with Crippen LogP contribution in [-0.2, 0) is 16.0 Å². The molecule has 1 aromatic carbocycles. The van der Waals surface area contributed by atoms with E-state index in [0.29, 0.717) is 12.5 Å². The van der Waals surface area contributed by atoms with E-state index in [1.165, 1.54) is 36.8 Å². The molecule has 28 heavy (non-hydrogen) atoms. The molecule has 1 heterocycles. The number of carbonyl (C=O) groups is 2. The highest BCUT2D eigenvalue weighted by Crippen LogP contribution is 2.34. The molecule has 4 heteroatoms. The summed E-state index contributed by atoms with van der Waals surface area (Å²) in [4.78, 5) is 28.1. The van der Waals surface area contributed by atoms with Crippen molar-refractivity contribution in [2.24, 2.45) is 11.8 Å². The van der Waals surface area contributed by atoms with E-state index >= 15 is 0 Å². The summed E-state index contributed by atoms with van der Waals surface area (Å²) in [7, 11) is 0. The quantitative estimate of drug-likeness (QED) is 0.840. The average Bonchev–Trinajstić information content (AvgIpc) is 2.77. The lowest BCUT2D eigenvalue weighted by Gasteiger charge is -2.40. The molecular weight excluding hydrogens is 348 g/mol. The van der Waals surface area contributed by atoms with Gasteiger partial charge >= 0.3 is 0 Å². The minimum atomic E-state index is -0.0214. The first kappa shape index (κ1) is 19.5. The molecule has 2 fully saturated rings. The summed E-state index contributed by atoms with van der Waals surface area (Å²) in [5.74, 6) is 0.838.